The van der Waals surface area contributed by atoms with Crippen LogP contribution in [0, 0.1) is 0 Å². The molecule has 0 aliphatic rings. The van der Waals surface area contributed by atoms with E-state index in [2.05, 4.69) is 12.6 Å². The number of thioether (sulfide) groups is 1. The normalized spacial score (nSPS) is 12.6. The van der Waals surface area contributed by atoms with E-state index < -0.39 is 5.38 Å². The lowest BCUT2D eigenvalue weighted by Gasteiger charge is -2.09. The van der Waals surface area contributed by atoms with Gasteiger partial charge in [0.2, 0.25) is 0 Å². The molecule has 1 aromatic carbocycles. The molecule has 0 saturated heterocycles. The molecular weight excluding hydrogens is 236 g/mol. The highest BCUT2D eigenvalue weighted by atomic mass is 35.5. The van der Waals surface area contributed by atoms with Gasteiger partial charge in [0.25, 0.3) is 0 Å². The molecule has 1 unspecified atom stereocenters. The van der Waals surface area contributed by atoms with E-state index in [-0.39, 0.29) is 5.78 Å². The Labute approximate surface area is 98.6 Å². The second kappa shape index (κ2) is 5.10. The van der Waals surface area contributed by atoms with E-state index >= 15 is 0 Å². The number of ketones is 1. The van der Waals surface area contributed by atoms with Crippen molar-refractivity contribution in [3.05, 3.63) is 23.8 Å². The molecule has 0 aromatic heterocycles. The van der Waals surface area contributed by atoms with Crippen LogP contribution in [0.5, 0.6) is 0 Å². The molecule has 0 radical (unpaired) electrons. The smallest absolute Gasteiger partial charge is 0.152 e. The van der Waals surface area contributed by atoms with Crippen molar-refractivity contribution in [2.24, 2.45) is 0 Å². The average Bonchev–Trinajstić information content (AvgIpc) is 2.16. The number of hydrogen-bond donors (Lipinski definition) is 1. The number of rotatable bonds is 3. The van der Waals surface area contributed by atoms with Crippen LogP contribution in [0.25, 0.3) is 0 Å². The third-order valence-electron chi connectivity index (χ3n) is 1.87. The largest absolute Gasteiger partial charge is 0.298 e. The average molecular weight is 247 g/mol. The van der Waals surface area contributed by atoms with Gasteiger partial charge in [0, 0.05) is 9.79 Å². The van der Waals surface area contributed by atoms with Crippen molar-refractivity contribution in [1.29, 1.82) is 0 Å². The molecule has 76 valence electrons. The van der Waals surface area contributed by atoms with E-state index in [9.17, 15) is 4.79 Å². The molecule has 0 aliphatic carbocycles. The molecule has 1 rings (SSSR count). The predicted octanol–water partition coefficient (Wildman–Crippen LogP) is 3.57. The van der Waals surface area contributed by atoms with E-state index in [1.54, 1.807) is 11.8 Å². The minimum absolute atomic E-state index is 0.0566. The van der Waals surface area contributed by atoms with Gasteiger partial charge in [0.15, 0.2) is 5.78 Å². The van der Waals surface area contributed by atoms with Crippen LogP contribution in [-0.2, 0) is 4.79 Å². The van der Waals surface area contributed by atoms with Crippen molar-refractivity contribution in [2.75, 3.05) is 6.26 Å². The number of carbonyl (C=O) groups excluding carboxylic acids is 1. The SMILES string of the molecule is CSc1ccc(C(Cl)C(C)=O)c(S)c1. The fourth-order valence-corrected chi connectivity index (χ4v) is 2.22. The van der Waals surface area contributed by atoms with E-state index in [4.69, 9.17) is 11.6 Å². The maximum Gasteiger partial charge on any atom is 0.152 e. The van der Waals surface area contributed by atoms with Crippen LogP contribution in [0.4, 0.5) is 0 Å². The standard InChI is InChI=1S/C10H11ClOS2/c1-6(12)10(11)8-4-3-7(14-2)5-9(8)13/h3-5,10,13H,1-2H3. The van der Waals surface area contributed by atoms with E-state index in [1.807, 2.05) is 24.5 Å². The number of carbonyl (C=O) groups is 1. The first-order valence-corrected chi connectivity index (χ1v) is 6.18. The molecule has 1 atom stereocenters. The molecule has 1 nitrogen and oxygen atoms in total. The summed E-state index contributed by atoms with van der Waals surface area (Å²) in [4.78, 5) is 13.0. The topological polar surface area (TPSA) is 17.1 Å². The Bertz CT molecular complexity index is 352. The van der Waals surface area contributed by atoms with Gasteiger partial charge in [-0.25, -0.2) is 0 Å². The van der Waals surface area contributed by atoms with Crippen molar-refractivity contribution in [2.45, 2.75) is 22.1 Å². The fraction of sp³-hybridized carbons (Fsp3) is 0.300. The number of hydrogen-bond acceptors (Lipinski definition) is 3. The second-order valence-corrected chi connectivity index (χ2v) is 4.70. The Balaban J connectivity index is 3.05. The van der Waals surface area contributed by atoms with Gasteiger partial charge in [-0.3, -0.25) is 4.79 Å². The summed E-state index contributed by atoms with van der Waals surface area (Å²) in [5.74, 6) is -0.0566. The Morgan fingerprint density at radius 1 is 1.57 bits per heavy atom. The maximum absolute atomic E-state index is 11.1. The zero-order chi connectivity index (χ0) is 10.7. The van der Waals surface area contributed by atoms with Crippen LogP contribution in [0.15, 0.2) is 28.0 Å². The minimum Gasteiger partial charge on any atom is -0.298 e. The second-order valence-electron chi connectivity index (χ2n) is 2.90. The lowest BCUT2D eigenvalue weighted by atomic mass is 10.1. The lowest BCUT2D eigenvalue weighted by Crippen LogP contribution is -2.02. The molecule has 0 saturated carbocycles. The molecule has 4 heteroatoms. The summed E-state index contributed by atoms with van der Waals surface area (Å²) in [7, 11) is 0. The highest BCUT2D eigenvalue weighted by Crippen LogP contribution is 2.30. The molecule has 14 heavy (non-hydrogen) atoms. The van der Waals surface area contributed by atoms with Gasteiger partial charge in [-0.05, 0) is 30.9 Å². The van der Waals surface area contributed by atoms with Gasteiger partial charge < -0.3 is 0 Å². The zero-order valence-electron chi connectivity index (χ0n) is 7.95. The van der Waals surface area contributed by atoms with Crippen LogP contribution in [0.1, 0.15) is 17.9 Å². The Kier molecular flexibility index (Phi) is 4.35. The number of Topliss-reactive ketones (excluding diaryl/α,β-unsaturated/α-hetero) is 1. The van der Waals surface area contributed by atoms with Crippen LogP contribution in [0.3, 0.4) is 0 Å². The van der Waals surface area contributed by atoms with Crippen LogP contribution in [-0.4, -0.2) is 12.0 Å². The molecule has 0 fully saturated rings. The number of thiol groups is 1. The molecule has 0 spiro atoms. The summed E-state index contributed by atoms with van der Waals surface area (Å²) >= 11 is 11.9. The van der Waals surface area contributed by atoms with E-state index in [1.165, 1.54) is 6.92 Å². The summed E-state index contributed by atoms with van der Waals surface area (Å²) in [6.45, 7) is 1.48. The highest BCUT2D eigenvalue weighted by molar-refractivity contribution is 7.98. The van der Waals surface area contributed by atoms with Gasteiger partial charge >= 0.3 is 0 Å². The van der Waals surface area contributed by atoms with Crippen molar-refractivity contribution < 1.29 is 4.79 Å². The molecule has 0 bridgehead atoms. The van der Waals surface area contributed by atoms with E-state index in [0.29, 0.717) is 0 Å². The highest BCUT2D eigenvalue weighted by Gasteiger charge is 2.15. The molecule has 0 amide bonds. The Morgan fingerprint density at radius 2 is 2.21 bits per heavy atom. The van der Waals surface area contributed by atoms with Gasteiger partial charge in [0.1, 0.15) is 5.38 Å². The summed E-state index contributed by atoms with van der Waals surface area (Å²) in [6.07, 6.45) is 1.99. The third-order valence-corrected chi connectivity index (χ3v) is 3.52. The first-order chi connectivity index (χ1) is 6.56. The quantitative estimate of drug-likeness (QED) is 0.499. The Morgan fingerprint density at radius 3 is 2.64 bits per heavy atom. The van der Waals surface area contributed by atoms with Crippen LogP contribution in [0.2, 0.25) is 0 Å². The van der Waals surface area contributed by atoms with Crippen molar-refractivity contribution >= 4 is 41.8 Å². The summed E-state index contributed by atoms with van der Waals surface area (Å²) in [5, 5.41) is -0.585. The van der Waals surface area contributed by atoms with Crippen molar-refractivity contribution in [3.8, 4) is 0 Å². The van der Waals surface area contributed by atoms with Gasteiger partial charge in [-0.1, -0.05) is 6.07 Å². The summed E-state index contributed by atoms with van der Waals surface area (Å²) < 4.78 is 0. The van der Waals surface area contributed by atoms with Gasteiger partial charge in [0.05, 0.1) is 0 Å². The summed E-state index contributed by atoms with van der Waals surface area (Å²) in [5.41, 5.74) is 0.778. The minimum atomic E-state index is -0.585. The first-order valence-electron chi connectivity index (χ1n) is 4.07. The van der Waals surface area contributed by atoms with Crippen molar-refractivity contribution in [1.82, 2.24) is 0 Å². The number of benzene rings is 1. The van der Waals surface area contributed by atoms with Gasteiger partial charge in [-0.2, -0.15) is 0 Å². The fourth-order valence-electron chi connectivity index (χ4n) is 1.08. The van der Waals surface area contributed by atoms with Gasteiger partial charge in [-0.15, -0.1) is 36.0 Å². The van der Waals surface area contributed by atoms with E-state index in [0.717, 1.165) is 15.4 Å². The molecule has 0 N–H and O–H groups in total. The predicted molar refractivity (Wildman–Crippen MR) is 64.8 cm³/mol. The number of alkyl halides is 1. The van der Waals surface area contributed by atoms with Crippen LogP contribution >= 0.6 is 36.0 Å². The monoisotopic (exact) mass is 246 g/mol. The first kappa shape index (κ1) is 12.0. The third kappa shape index (κ3) is 2.69. The molecule has 0 heterocycles. The van der Waals surface area contributed by atoms with Crippen molar-refractivity contribution in [3.63, 3.8) is 0 Å². The summed E-state index contributed by atoms with van der Waals surface area (Å²) in [6, 6.07) is 5.71. The maximum atomic E-state index is 11.1. The lowest BCUT2D eigenvalue weighted by molar-refractivity contribution is -0.116. The zero-order valence-corrected chi connectivity index (χ0v) is 10.4. The Hall–Kier alpha value is -0.120. The van der Waals surface area contributed by atoms with Crippen LogP contribution < -0.4 is 0 Å². The number of halogens is 1. The molecule has 0 aliphatic heterocycles. The molecular formula is C10H11ClOS2. The molecule has 1 aromatic rings.